The molecule has 2 atom stereocenters. The summed E-state index contributed by atoms with van der Waals surface area (Å²) in [5, 5.41) is 12.9. The minimum Gasteiger partial charge on any atom is -0.507 e. The van der Waals surface area contributed by atoms with E-state index in [1.807, 2.05) is 18.2 Å². The van der Waals surface area contributed by atoms with Crippen molar-refractivity contribution in [3.63, 3.8) is 0 Å². The lowest BCUT2D eigenvalue weighted by Crippen LogP contribution is -2.31. The van der Waals surface area contributed by atoms with Crippen molar-refractivity contribution in [3.05, 3.63) is 63.6 Å². The van der Waals surface area contributed by atoms with Crippen molar-refractivity contribution in [2.45, 2.75) is 17.3 Å². The van der Waals surface area contributed by atoms with Crippen LogP contribution in [0.1, 0.15) is 27.5 Å². The van der Waals surface area contributed by atoms with Gasteiger partial charge in [-0.15, -0.1) is 0 Å². The fourth-order valence-corrected chi connectivity index (χ4v) is 3.74. The minimum atomic E-state index is -0.272. The predicted octanol–water partition coefficient (Wildman–Crippen LogP) is 3.95. The lowest BCUT2D eigenvalue weighted by molar-refractivity contribution is 0.0935. The van der Waals surface area contributed by atoms with Crippen LogP contribution in [0.15, 0.2) is 46.9 Å². The number of hydrogen-bond donors (Lipinski definition) is 2. The first-order valence-corrected chi connectivity index (χ1v) is 8.28. The third-order valence-corrected chi connectivity index (χ3v) is 5.00. The highest BCUT2D eigenvalue weighted by Gasteiger charge is 2.32. The maximum absolute atomic E-state index is 12.4. The Bertz CT molecular complexity index is 702. The Balaban J connectivity index is 1.85. The highest BCUT2D eigenvalue weighted by Crippen LogP contribution is 2.36. The van der Waals surface area contributed by atoms with Crippen LogP contribution in [0.4, 0.5) is 0 Å². The molecule has 2 N–H and O–H groups in total. The van der Waals surface area contributed by atoms with E-state index in [0.717, 1.165) is 16.5 Å². The van der Waals surface area contributed by atoms with Crippen LogP contribution in [-0.4, -0.2) is 15.8 Å². The zero-order valence-electron chi connectivity index (χ0n) is 11.0. The smallest absolute Gasteiger partial charge is 0.255 e. The largest absolute Gasteiger partial charge is 0.507 e. The maximum Gasteiger partial charge on any atom is 0.255 e. The number of phenols is 1. The first kappa shape index (κ1) is 14.6. The van der Waals surface area contributed by atoms with E-state index in [2.05, 4.69) is 43.2 Å². The van der Waals surface area contributed by atoms with Crippen molar-refractivity contribution in [3.8, 4) is 5.75 Å². The van der Waals surface area contributed by atoms with E-state index >= 15 is 0 Å². The molecule has 3 rings (SSSR count). The highest BCUT2D eigenvalue weighted by atomic mass is 79.9. The van der Waals surface area contributed by atoms with E-state index in [-0.39, 0.29) is 28.1 Å². The van der Waals surface area contributed by atoms with Gasteiger partial charge in [-0.3, -0.25) is 4.79 Å². The van der Waals surface area contributed by atoms with Gasteiger partial charge in [-0.25, -0.2) is 0 Å². The molecule has 2 aromatic carbocycles. The van der Waals surface area contributed by atoms with E-state index in [4.69, 9.17) is 0 Å². The summed E-state index contributed by atoms with van der Waals surface area (Å²) in [7, 11) is 0. The first-order chi connectivity index (χ1) is 10.1. The maximum atomic E-state index is 12.4. The number of rotatable bonds is 2. The number of benzene rings is 2. The molecule has 1 amide bonds. The molecule has 21 heavy (non-hydrogen) atoms. The summed E-state index contributed by atoms with van der Waals surface area (Å²) in [6.45, 7) is 0. The van der Waals surface area contributed by atoms with Crippen LogP contribution >= 0.6 is 31.9 Å². The molecule has 2 aromatic rings. The van der Waals surface area contributed by atoms with Gasteiger partial charge in [0.15, 0.2) is 0 Å². The molecule has 0 radical (unpaired) electrons. The number of fused-ring (bicyclic) bond motifs is 1. The Kier molecular flexibility index (Phi) is 4.04. The number of hydrogen-bond acceptors (Lipinski definition) is 2. The Morgan fingerprint density at radius 1 is 1.24 bits per heavy atom. The average molecular weight is 411 g/mol. The Morgan fingerprint density at radius 3 is 2.76 bits per heavy atom. The van der Waals surface area contributed by atoms with Gasteiger partial charge >= 0.3 is 0 Å². The van der Waals surface area contributed by atoms with Gasteiger partial charge in [0.25, 0.3) is 5.91 Å². The zero-order chi connectivity index (χ0) is 15.0. The number of carbonyl (C=O) groups excluding carboxylic acids is 1. The summed E-state index contributed by atoms with van der Waals surface area (Å²) in [6.07, 6.45) is 0.882. The molecule has 2 unspecified atom stereocenters. The molecule has 5 heteroatoms. The fraction of sp³-hybridized carbons (Fsp3) is 0.188. The van der Waals surface area contributed by atoms with Gasteiger partial charge in [0.2, 0.25) is 0 Å². The molecule has 0 saturated carbocycles. The van der Waals surface area contributed by atoms with Gasteiger partial charge in [-0.05, 0) is 35.7 Å². The highest BCUT2D eigenvalue weighted by molar-refractivity contribution is 9.10. The molecule has 0 heterocycles. The molecule has 0 aliphatic heterocycles. The lowest BCUT2D eigenvalue weighted by atomic mass is 10.1. The van der Waals surface area contributed by atoms with Crippen LogP contribution < -0.4 is 5.32 Å². The normalized spacial score (nSPS) is 20.1. The number of alkyl halides is 1. The molecule has 0 spiro atoms. The Labute approximate surface area is 139 Å². The van der Waals surface area contributed by atoms with Crippen molar-refractivity contribution in [2.24, 2.45) is 0 Å². The number of halogens is 2. The molecule has 0 aromatic heterocycles. The van der Waals surface area contributed by atoms with Crippen LogP contribution in [0.2, 0.25) is 0 Å². The van der Waals surface area contributed by atoms with Crippen molar-refractivity contribution in [1.29, 1.82) is 0 Å². The molecule has 0 bridgehead atoms. The summed E-state index contributed by atoms with van der Waals surface area (Å²) in [4.78, 5) is 12.5. The number of phenolic OH excluding ortho intramolecular Hbond substituents is 1. The van der Waals surface area contributed by atoms with E-state index in [0.29, 0.717) is 0 Å². The average Bonchev–Trinajstić information content (AvgIpc) is 2.75. The number of nitrogens with one attached hydrogen (secondary N) is 1. The number of aromatic hydroxyl groups is 1. The predicted molar refractivity (Wildman–Crippen MR) is 88.9 cm³/mol. The monoisotopic (exact) mass is 409 g/mol. The molecule has 0 saturated heterocycles. The van der Waals surface area contributed by atoms with E-state index in [9.17, 15) is 9.90 Å². The van der Waals surface area contributed by atoms with Crippen molar-refractivity contribution in [2.75, 3.05) is 0 Å². The molecular weight excluding hydrogens is 398 g/mol. The van der Waals surface area contributed by atoms with E-state index in [1.165, 1.54) is 11.6 Å². The van der Waals surface area contributed by atoms with Crippen molar-refractivity contribution in [1.82, 2.24) is 5.32 Å². The lowest BCUT2D eigenvalue weighted by Gasteiger charge is -2.18. The molecule has 108 valence electrons. The van der Waals surface area contributed by atoms with Gasteiger partial charge in [0, 0.05) is 9.30 Å². The van der Waals surface area contributed by atoms with Crippen molar-refractivity contribution >= 4 is 37.8 Å². The van der Waals surface area contributed by atoms with Crippen LogP contribution in [0.25, 0.3) is 0 Å². The second-order valence-corrected chi connectivity index (χ2v) is 7.12. The second kappa shape index (κ2) is 5.81. The van der Waals surface area contributed by atoms with Gasteiger partial charge in [-0.2, -0.15) is 0 Å². The summed E-state index contributed by atoms with van der Waals surface area (Å²) in [5.41, 5.74) is 2.65. The van der Waals surface area contributed by atoms with Crippen LogP contribution in [0.3, 0.4) is 0 Å². The van der Waals surface area contributed by atoms with Crippen LogP contribution in [-0.2, 0) is 6.42 Å². The van der Waals surface area contributed by atoms with Gasteiger partial charge < -0.3 is 10.4 Å². The van der Waals surface area contributed by atoms with E-state index in [1.54, 1.807) is 12.1 Å². The van der Waals surface area contributed by atoms with Crippen LogP contribution in [0, 0.1) is 0 Å². The topological polar surface area (TPSA) is 49.3 Å². The third-order valence-electron chi connectivity index (χ3n) is 3.66. The Morgan fingerprint density at radius 2 is 2.00 bits per heavy atom. The SMILES string of the molecule is O=C(NC1c2ccccc2CC1Br)c1ccc(Br)cc1O. The summed E-state index contributed by atoms with van der Waals surface area (Å²) in [6, 6.07) is 12.9. The van der Waals surface area contributed by atoms with E-state index < -0.39 is 0 Å². The number of carbonyl (C=O) groups is 1. The molecule has 0 fully saturated rings. The van der Waals surface area contributed by atoms with Gasteiger partial charge in [-0.1, -0.05) is 56.1 Å². The zero-order valence-corrected chi connectivity index (χ0v) is 14.2. The van der Waals surface area contributed by atoms with Gasteiger partial charge in [0.1, 0.15) is 5.75 Å². The Hall–Kier alpha value is -1.33. The van der Waals surface area contributed by atoms with Crippen LogP contribution in [0.5, 0.6) is 5.75 Å². The molecule has 3 nitrogen and oxygen atoms in total. The quantitative estimate of drug-likeness (QED) is 0.736. The number of amides is 1. The molecule has 1 aliphatic carbocycles. The first-order valence-electron chi connectivity index (χ1n) is 6.57. The second-order valence-electron chi connectivity index (χ2n) is 5.03. The standard InChI is InChI=1S/C16H13Br2NO2/c17-10-5-6-12(14(20)8-10)16(21)19-15-11-4-2-1-3-9(11)7-13(15)18/h1-6,8,13,15,20H,7H2,(H,19,21). The summed E-state index contributed by atoms with van der Waals surface area (Å²) in [5.74, 6) is -0.301. The third kappa shape index (κ3) is 2.85. The summed E-state index contributed by atoms with van der Waals surface area (Å²) >= 11 is 6.90. The van der Waals surface area contributed by atoms with Gasteiger partial charge in [0.05, 0.1) is 11.6 Å². The fourth-order valence-electron chi connectivity index (χ4n) is 2.63. The molecular formula is C16H13Br2NO2. The minimum absolute atomic E-state index is 0.0284. The van der Waals surface area contributed by atoms with Crippen molar-refractivity contribution < 1.29 is 9.90 Å². The molecule has 1 aliphatic rings. The summed E-state index contributed by atoms with van der Waals surface area (Å²) < 4.78 is 0.737.